The summed E-state index contributed by atoms with van der Waals surface area (Å²) >= 11 is 0. The molecule has 3 nitrogen and oxygen atoms in total. The summed E-state index contributed by atoms with van der Waals surface area (Å²) in [7, 11) is 0. The number of H-pyrrole nitrogens is 1. The van der Waals surface area contributed by atoms with Crippen molar-refractivity contribution in [1.29, 1.82) is 0 Å². The van der Waals surface area contributed by atoms with E-state index in [1.54, 1.807) is 6.07 Å². The van der Waals surface area contributed by atoms with E-state index >= 15 is 0 Å². The zero-order valence-corrected chi connectivity index (χ0v) is 10.8. The van der Waals surface area contributed by atoms with E-state index in [1.807, 2.05) is 0 Å². The standard InChI is InChI=1S/C13H17F3N2O/c1-8-4-2-3-5-10(8)11-6-9(17-18-11)7-12(19)13(14,15)16/h6,8,10H,2-5,7H2,1H3,(H,17,18)/t8-,10-/m1/s1. The third-order valence-corrected chi connectivity index (χ3v) is 3.82. The Labute approximate surface area is 109 Å². The van der Waals surface area contributed by atoms with Crippen LogP contribution in [0.15, 0.2) is 6.07 Å². The van der Waals surface area contributed by atoms with Gasteiger partial charge in [0.05, 0.1) is 12.1 Å². The Bertz CT molecular complexity index is 453. The highest BCUT2D eigenvalue weighted by Gasteiger charge is 2.38. The second-order valence-electron chi connectivity index (χ2n) is 5.28. The van der Waals surface area contributed by atoms with E-state index in [4.69, 9.17) is 0 Å². The van der Waals surface area contributed by atoms with Crippen molar-refractivity contribution in [2.75, 3.05) is 0 Å². The maximum absolute atomic E-state index is 12.2. The highest BCUT2D eigenvalue weighted by atomic mass is 19.4. The summed E-state index contributed by atoms with van der Waals surface area (Å²) in [6.45, 7) is 2.14. The van der Waals surface area contributed by atoms with Crippen molar-refractivity contribution in [3.05, 3.63) is 17.5 Å². The molecule has 0 amide bonds. The van der Waals surface area contributed by atoms with E-state index in [2.05, 4.69) is 17.1 Å². The van der Waals surface area contributed by atoms with Crippen LogP contribution in [0.2, 0.25) is 0 Å². The minimum atomic E-state index is -4.78. The van der Waals surface area contributed by atoms with E-state index in [0.717, 1.165) is 25.0 Å². The van der Waals surface area contributed by atoms with Gasteiger partial charge in [-0.05, 0) is 18.4 Å². The van der Waals surface area contributed by atoms with Crippen molar-refractivity contribution in [3.8, 4) is 0 Å². The van der Waals surface area contributed by atoms with Crippen molar-refractivity contribution in [3.63, 3.8) is 0 Å². The third-order valence-electron chi connectivity index (χ3n) is 3.82. The van der Waals surface area contributed by atoms with Crippen LogP contribution >= 0.6 is 0 Å². The molecule has 0 unspecified atom stereocenters. The monoisotopic (exact) mass is 274 g/mol. The molecule has 2 atom stereocenters. The molecule has 0 aliphatic heterocycles. The molecular formula is C13H17F3N2O. The average Bonchev–Trinajstić information content (AvgIpc) is 2.76. The van der Waals surface area contributed by atoms with Crippen molar-refractivity contribution >= 4 is 5.78 Å². The smallest absolute Gasteiger partial charge is 0.289 e. The zero-order valence-electron chi connectivity index (χ0n) is 10.8. The Kier molecular flexibility index (Phi) is 3.96. The van der Waals surface area contributed by atoms with Gasteiger partial charge in [-0.3, -0.25) is 9.89 Å². The van der Waals surface area contributed by atoms with Gasteiger partial charge in [-0.2, -0.15) is 18.3 Å². The van der Waals surface area contributed by atoms with Crippen LogP contribution < -0.4 is 0 Å². The molecule has 6 heteroatoms. The number of alkyl halides is 3. The zero-order chi connectivity index (χ0) is 14.0. The van der Waals surface area contributed by atoms with Gasteiger partial charge in [-0.25, -0.2) is 0 Å². The Morgan fingerprint density at radius 3 is 2.74 bits per heavy atom. The minimum absolute atomic E-state index is 0.176. The lowest BCUT2D eigenvalue weighted by Crippen LogP contribution is -2.24. The molecule has 1 aromatic heterocycles. The molecule has 0 aromatic carbocycles. The molecule has 0 radical (unpaired) electrons. The Balaban J connectivity index is 2.04. The van der Waals surface area contributed by atoms with Crippen molar-refractivity contribution in [2.24, 2.45) is 5.92 Å². The largest absolute Gasteiger partial charge is 0.450 e. The number of halogens is 3. The van der Waals surface area contributed by atoms with E-state index in [1.165, 1.54) is 6.42 Å². The molecule has 1 fully saturated rings. The molecule has 106 valence electrons. The van der Waals surface area contributed by atoms with Crippen LogP contribution in [-0.2, 0) is 11.2 Å². The molecular weight excluding hydrogens is 257 g/mol. The SMILES string of the molecule is C[C@@H]1CCCC[C@H]1c1cc(CC(=O)C(F)(F)F)n[nH]1. The fourth-order valence-corrected chi connectivity index (χ4v) is 2.70. The van der Waals surface area contributed by atoms with Crippen LogP contribution in [0.5, 0.6) is 0 Å². The number of nitrogens with one attached hydrogen (secondary N) is 1. The first kappa shape index (κ1) is 14.1. The van der Waals surface area contributed by atoms with Crippen LogP contribution in [0.1, 0.15) is 49.9 Å². The maximum Gasteiger partial charge on any atom is 0.450 e. The number of rotatable bonds is 3. The number of aromatic nitrogens is 2. The summed E-state index contributed by atoms with van der Waals surface area (Å²) in [5.41, 5.74) is 1.03. The quantitative estimate of drug-likeness (QED) is 0.918. The number of hydrogen-bond acceptors (Lipinski definition) is 2. The average molecular weight is 274 g/mol. The highest BCUT2D eigenvalue weighted by Crippen LogP contribution is 2.36. The molecule has 1 aliphatic rings. The van der Waals surface area contributed by atoms with Gasteiger partial charge in [0.1, 0.15) is 0 Å². The first-order valence-corrected chi connectivity index (χ1v) is 6.52. The lowest BCUT2D eigenvalue weighted by atomic mass is 9.78. The fourth-order valence-electron chi connectivity index (χ4n) is 2.70. The minimum Gasteiger partial charge on any atom is -0.289 e. The van der Waals surface area contributed by atoms with Gasteiger partial charge in [0.15, 0.2) is 0 Å². The maximum atomic E-state index is 12.2. The Morgan fingerprint density at radius 2 is 2.11 bits per heavy atom. The van der Waals surface area contributed by atoms with E-state index in [-0.39, 0.29) is 5.69 Å². The Morgan fingerprint density at radius 1 is 1.42 bits per heavy atom. The van der Waals surface area contributed by atoms with Gasteiger partial charge in [0.25, 0.3) is 0 Å². The number of nitrogens with zero attached hydrogens (tertiary/aromatic N) is 1. The second-order valence-corrected chi connectivity index (χ2v) is 5.28. The van der Waals surface area contributed by atoms with Crippen molar-refractivity contribution in [2.45, 2.75) is 51.1 Å². The predicted octanol–water partition coefficient (Wildman–Crippen LogP) is 3.38. The first-order valence-electron chi connectivity index (χ1n) is 6.52. The summed E-state index contributed by atoms with van der Waals surface area (Å²) in [6, 6.07) is 1.61. The third kappa shape index (κ3) is 3.36. The number of hydrogen-bond donors (Lipinski definition) is 1. The van der Waals surface area contributed by atoms with E-state index in [0.29, 0.717) is 11.8 Å². The van der Waals surface area contributed by atoms with Crippen LogP contribution in [-0.4, -0.2) is 22.2 Å². The molecule has 1 aliphatic carbocycles. The summed E-state index contributed by atoms with van der Waals surface area (Å²) in [4.78, 5) is 10.9. The first-order chi connectivity index (χ1) is 8.88. The number of aromatic amines is 1. The molecule has 2 rings (SSSR count). The normalized spacial score (nSPS) is 24.4. The summed E-state index contributed by atoms with van der Waals surface area (Å²) in [6.07, 6.45) is -0.981. The summed E-state index contributed by atoms with van der Waals surface area (Å²) < 4.78 is 36.5. The topological polar surface area (TPSA) is 45.8 Å². The molecule has 0 saturated heterocycles. The molecule has 1 heterocycles. The van der Waals surface area contributed by atoms with Gasteiger partial charge in [-0.1, -0.05) is 26.2 Å². The van der Waals surface area contributed by atoms with Gasteiger partial charge in [-0.15, -0.1) is 0 Å². The molecule has 1 N–H and O–H groups in total. The molecule has 1 saturated carbocycles. The predicted molar refractivity (Wildman–Crippen MR) is 63.7 cm³/mol. The van der Waals surface area contributed by atoms with Crippen LogP contribution in [0.3, 0.4) is 0 Å². The Hall–Kier alpha value is -1.33. The van der Waals surface area contributed by atoms with Crippen molar-refractivity contribution < 1.29 is 18.0 Å². The number of carbonyl (C=O) groups is 1. The molecule has 0 spiro atoms. The van der Waals surface area contributed by atoms with Gasteiger partial charge in [0.2, 0.25) is 5.78 Å². The lowest BCUT2D eigenvalue weighted by molar-refractivity contribution is -0.170. The molecule has 0 bridgehead atoms. The van der Waals surface area contributed by atoms with Gasteiger partial charge in [0, 0.05) is 11.6 Å². The fraction of sp³-hybridized carbons (Fsp3) is 0.692. The number of carbonyl (C=O) groups excluding carboxylic acids is 1. The van der Waals surface area contributed by atoms with E-state index in [9.17, 15) is 18.0 Å². The number of Topliss-reactive ketones (excluding diaryl/α,β-unsaturated/α-hetero) is 1. The summed E-state index contributed by atoms with van der Waals surface area (Å²) in [5.74, 6) is -0.932. The van der Waals surface area contributed by atoms with Gasteiger partial charge < -0.3 is 0 Å². The van der Waals surface area contributed by atoms with Gasteiger partial charge >= 0.3 is 6.18 Å². The van der Waals surface area contributed by atoms with E-state index < -0.39 is 18.4 Å². The highest BCUT2D eigenvalue weighted by molar-refractivity contribution is 5.85. The molecule has 1 aromatic rings. The van der Waals surface area contributed by atoms with Crippen LogP contribution in [0.4, 0.5) is 13.2 Å². The van der Waals surface area contributed by atoms with Crippen LogP contribution in [0, 0.1) is 5.92 Å². The summed E-state index contributed by atoms with van der Waals surface area (Å²) in [5, 5.41) is 6.63. The lowest BCUT2D eigenvalue weighted by Gasteiger charge is -2.27. The number of ketones is 1. The molecule has 19 heavy (non-hydrogen) atoms. The van der Waals surface area contributed by atoms with Crippen molar-refractivity contribution in [1.82, 2.24) is 10.2 Å². The van der Waals surface area contributed by atoms with Crippen LogP contribution in [0.25, 0.3) is 0 Å². The second kappa shape index (κ2) is 5.35.